The highest BCUT2D eigenvalue weighted by Crippen LogP contribution is 2.36. The quantitative estimate of drug-likeness (QED) is 0.806. The van der Waals surface area contributed by atoms with Gasteiger partial charge in [-0.1, -0.05) is 26.8 Å². The number of phenolic OH excluding ortho intramolecular Hbond substituents is 1. The molecule has 16 heavy (non-hydrogen) atoms. The van der Waals surface area contributed by atoms with Crippen LogP contribution in [0.2, 0.25) is 0 Å². The van der Waals surface area contributed by atoms with Gasteiger partial charge in [0.2, 0.25) is 0 Å². The zero-order chi connectivity index (χ0) is 12.5. The van der Waals surface area contributed by atoms with E-state index in [1.54, 1.807) is 0 Å². The lowest BCUT2D eigenvalue weighted by molar-refractivity contribution is 0.441. The number of hydrogen-bond acceptors (Lipinski definition) is 2. The zero-order valence-corrected chi connectivity index (χ0v) is 11.0. The minimum absolute atomic E-state index is 0.0269. The molecule has 0 heterocycles. The molecule has 0 saturated heterocycles. The predicted molar refractivity (Wildman–Crippen MR) is 69.0 cm³/mol. The third kappa shape index (κ3) is 2.38. The SMILES string of the molecule is Cc1cc(C(C)(C)C)c(O)c(C)c1CCN. The Bertz CT molecular complexity index is 389. The maximum absolute atomic E-state index is 10.2. The Kier molecular flexibility index (Phi) is 3.64. The molecule has 90 valence electrons. The van der Waals surface area contributed by atoms with E-state index in [-0.39, 0.29) is 5.41 Å². The van der Waals surface area contributed by atoms with Crippen molar-refractivity contribution in [1.29, 1.82) is 0 Å². The van der Waals surface area contributed by atoms with Crippen molar-refractivity contribution in [3.8, 4) is 5.75 Å². The molecular weight excluding hydrogens is 198 g/mol. The molecule has 1 aromatic rings. The highest BCUT2D eigenvalue weighted by Gasteiger charge is 2.21. The lowest BCUT2D eigenvalue weighted by Crippen LogP contribution is -2.14. The third-order valence-corrected chi connectivity index (χ3v) is 3.10. The summed E-state index contributed by atoms with van der Waals surface area (Å²) < 4.78 is 0. The first-order valence-electron chi connectivity index (χ1n) is 5.81. The van der Waals surface area contributed by atoms with Crippen molar-refractivity contribution >= 4 is 0 Å². The lowest BCUT2D eigenvalue weighted by Gasteiger charge is -2.24. The Balaban J connectivity index is 3.39. The van der Waals surface area contributed by atoms with Gasteiger partial charge in [0.15, 0.2) is 0 Å². The van der Waals surface area contributed by atoms with Crippen LogP contribution < -0.4 is 5.73 Å². The molecule has 0 aromatic heterocycles. The Labute approximate surface area is 98.5 Å². The lowest BCUT2D eigenvalue weighted by atomic mass is 9.82. The Morgan fingerprint density at radius 2 is 1.81 bits per heavy atom. The van der Waals surface area contributed by atoms with E-state index >= 15 is 0 Å². The van der Waals surface area contributed by atoms with Crippen LogP contribution in [0.1, 0.15) is 43.0 Å². The summed E-state index contributed by atoms with van der Waals surface area (Å²) in [5, 5.41) is 10.2. The molecule has 1 rings (SSSR count). The van der Waals surface area contributed by atoms with Crippen molar-refractivity contribution in [2.24, 2.45) is 5.73 Å². The molecule has 0 fully saturated rings. The van der Waals surface area contributed by atoms with Gasteiger partial charge in [0.25, 0.3) is 0 Å². The number of rotatable bonds is 2. The molecule has 0 bridgehead atoms. The van der Waals surface area contributed by atoms with E-state index in [2.05, 4.69) is 33.8 Å². The summed E-state index contributed by atoms with van der Waals surface area (Å²) in [6.07, 6.45) is 0.829. The molecular formula is C14H23NO. The van der Waals surface area contributed by atoms with Gasteiger partial charge in [-0.15, -0.1) is 0 Å². The van der Waals surface area contributed by atoms with Crippen LogP contribution in [0.5, 0.6) is 5.75 Å². The van der Waals surface area contributed by atoms with Gasteiger partial charge in [0, 0.05) is 0 Å². The Hall–Kier alpha value is -1.02. The third-order valence-electron chi connectivity index (χ3n) is 3.10. The summed E-state index contributed by atoms with van der Waals surface area (Å²) in [5.41, 5.74) is 9.98. The summed E-state index contributed by atoms with van der Waals surface area (Å²) in [5.74, 6) is 0.432. The molecule has 0 unspecified atom stereocenters. The summed E-state index contributed by atoms with van der Waals surface area (Å²) in [7, 11) is 0. The van der Waals surface area contributed by atoms with Crippen LogP contribution in [0.4, 0.5) is 0 Å². The molecule has 3 N–H and O–H groups in total. The van der Waals surface area contributed by atoms with E-state index in [1.165, 1.54) is 11.1 Å². The van der Waals surface area contributed by atoms with E-state index in [0.29, 0.717) is 12.3 Å². The smallest absolute Gasteiger partial charge is 0.122 e. The van der Waals surface area contributed by atoms with Gasteiger partial charge in [0.05, 0.1) is 0 Å². The van der Waals surface area contributed by atoms with E-state index in [4.69, 9.17) is 5.73 Å². The maximum Gasteiger partial charge on any atom is 0.122 e. The van der Waals surface area contributed by atoms with E-state index < -0.39 is 0 Å². The molecule has 0 amide bonds. The first kappa shape index (κ1) is 13.0. The normalized spacial score (nSPS) is 11.9. The molecule has 2 heteroatoms. The molecule has 0 atom stereocenters. The van der Waals surface area contributed by atoms with Gasteiger partial charge in [-0.25, -0.2) is 0 Å². The molecule has 0 aliphatic rings. The van der Waals surface area contributed by atoms with Crippen LogP contribution in [-0.4, -0.2) is 11.7 Å². The van der Waals surface area contributed by atoms with Gasteiger partial charge >= 0.3 is 0 Å². The minimum Gasteiger partial charge on any atom is -0.507 e. The Morgan fingerprint density at radius 3 is 2.25 bits per heavy atom. The summed E-state index contributed by atoms with van der Waals surface area (Å²) in [4.78, 5) is 0. The summed E-state index contributed by atoms with van der Waals surface area (Å²) in [6, 6.07) is 2.09. The van der Waals surface area contributed by atoms with Crippen LogP contribution in [0.25, 0.3) is 0 Å². The number of aryl methyl sites for hydroxylation is 1. The van der Waals surface area contributed by atoms with Crippen LogP contribution in [0.3, 0.4) is 0 Å². The molecule has 2 nitrogen and oxygen atoms in total. The van der Waals surface area contributed by atoms with Crippen molar-refractivity contribution in [2.75, 3.05) is 6.54 Å². The average molecular weight is 221 g/mol. The summed E-state index contributed by atoms with van der Waals surface area (Å²) in [6.45, 7) is 11.0. The maximum atomic E-state index is 10.2. The number of aromatic hydroxyl groups is 1. The zero-order valence-electron chi connectivity index (χ0n) is 11.0. The second-order valence-corrected chi connectivity index (χ2v) is 5.48. The van der Waals surface area contributed by atoms with Crippen molar-refractivity contribution in [3.05, 3.63) is 28.3 Å². The first-order valence-corrected chi connectivity index (χ1v) is 5.81. The van der Waals surface area contributed by atoms with Crippen molar-refractivity contribution in [1.82, 2.24) is 0 Å². The highest BCUT2D eigenvalue weighted by atomic mass is 16.3. The Morgan fingerprint density at radius 1 is 1.25 bits per heavy atom. The van der Waals surface area contributed by atoms with Gasteiger partial charge in [-0.3, -0.25) is 0 Å². The van der Waals surface area contributed by atoms with Gasteiger partial charge in [-0.2, -0.15) is 0 Å². The highest BCUT2D eigenvalue weighted by molar-refractivity contribution is 5.51. The van der Waals surface area contributed by atoms with Crippen molar-refractivity contribution < 1.29 is 5.11 Å². The molecule has 0 aliphatic heterocycles. The van der Waals surface area contributed by atoms with Crippen LogP contribution in [-0.2, 0) is 11.8 Å². The van der Waals surface area contributed by atoms with E-state index in [0.717, 1.165) is 17.5 Å². The number of nitrogens with two attached hydrogens (primary N) is 1. The predicted octanol–water partition coefficient (Wildman–Crippen LogP) is 2.81. The molecule has 0 radical (unpaired) electrons. The second kappa shape index (κ2) is 4.46. The topological polar surface area (TPSA) is 46.2 Å². The van der Waals surface area contributed by atoms with Crippen LogP contribution >= 0.6 is 0 Å². The molecule has 1 aromatic carbocycles. The van der Waals surface area contributed by atoms with Crippen molar-refractivity contribution in [3.63, 3.8) is 0 Å². The van der Waals surface area contributed by atoms with E-state index in [1.807, 2.05) is 6.92 Å². The van der Waals surface area contributed by atoms with Crippen LogP contribution in [0, 0.1) is 13.8 Å². The number of phenols is 1. The fraction of sp³-hybridized carbons (Fsp3) is 0.571. The van der Waals surface area contributed by atoms with Gasteiger partial charge < -0.3 is 10.8 Å². The van der Waals surface area contributed by atoms with E-state index in [9.17, 15) is 5.11 Å². The molecule has 0 saturated carbocycles. The van der Waals surface area contributed by atoms with Gasteiger partial charge in [0.1, 0.15) is 5.75 Å². The van der Waals surface area contributed by atoms with Crippen molar-refractivity contribution in [2.45, 2.75) is 46.5 Å². The summed E-state index contributed by atoms with van der Waals surface area (Å²) >= 11 is 0. The molecule has 0 spiro atoms. The fourth-order valence-electron chi connectivity index (χ4n) is 2.11. The van der Waals surface area contributed by atoms with Gasteiger partial charge in [-0.05, 0) is 54.5 Å². The first-order chi connectivity index (χ1) is 7.29. The minimum atomic E-state index is -0.0269. The second-order valence-electron chi connectivity index (χ2n) is 5.48. The largest absolute Gasteiger partial charge is 0.507 e. The monoisotopic (exact) mass is 221 g/mol. The standard InChI is InChI=1S/C14H23NO/c1-9-8-12(14(3,4)5)13(16)10(2)11(9)6-7-15/h8,16H,6-7,15H2,1-5H3. The van der Waals surface area contributed by atoms with Crippen LogP contribution in [0.15, 0.2) is 6.07 Å². The average Bonchev–Trinajstić information content (AvgIpc) is 2.16. The number of hydrogen-bond donors (Lipinski definition) is 2. The number of benzene rings is 1. The molecule has 0 aliphatic carbocycles. The fourth-order valence-corrected chi connectivity index (χ4v) is 2.11.